The lowest BCUT2D eigenvalue weighted by atomic mass is 9.87. The van der Waals surface area contributed by atoms with Crippen molar-refractivity contribution < 1.29 is 9.53 Å². The minimum absolute atomic E-state index is 0.0577. The summed E-state index contributed by atoms with van der Waals surface area (Å²) >= 11 is 0. The Labute approximate surface area is 96.6 Å². The summed E-state index contributed by atoms with van der Waals surface area (Å²) in [6.07, 6.45) is 1.47. The maximum Gasteiger partial charge on any atom is 0.305 e. The zero-order valence-electron chi connectivity index (χ0n) is 10.2. The molecule has 0 bridgehead atoms. The molecule has 0 saturated carbocycles. The van der Waals surface area contributed by atoms with Gasteiger partial charge in [0.05, 0.1) is 6.61 Å². The number of rotatable bonds is 1. The molecule has 86 valence electrons. The number of carbonyl (C=O) groups excluding carboxylic acids is 1. The van der Waals surface area contributed by atoms with Crippen LogP contribution >= 0.6 is 0 Å². The number of cyclic esters (lactones) is 1. The van der Waals surface area contributed by atoms with Gasteiger partial charge in [-0.2, -0.15) is 0 Å². The van der Waals surface area contributed by atoms with Gasteiger partial charge in [0.25, 0.3) is 0 Å². The van der Waals surface area contributed by atoms with E-state index in [1.54, 1.807) is 0 Å². The van der Waals surface area contributed by atoms with Crippen LogP contribution in [0.1, 0.15) is 41.0 Å². The van der Waals surface area contributed by atoms with E-state index in [0.717, 1.165) is 6.42 Å². The monoisotopic (exact) mass is 218 g/mol. The molecular formula is C14H18O2. The van der Waals surface area contributed by atoms with Crippen molar-refractivity contribution in [3.63, 3.8) is 0 Å². The molecule has 1 heterocycles. The van der Waals surface area contributed by atoms with Crippen LogP contribution in [0.25, 0.3) is 0 Å². The molecule has 2 nitrogen and oxygen atoms in total. The summed E-state index contributed by atoms with van der Waals surface area (Å²) < 4.78 is 5.13. The molecule has 1 unspecified atom stereocenters. The van der Waals surface area contributed by atoms with Gasteiger partial charge in [-0.1, -0.05) is 12.1 Å². The highest BCUT2D eigenvalue weighted by molar-refractivity contribution is 5.70. The molecule has 0 amide bonds. The van der Waals surface area contributed by atoms with Crippen LogP contribution in [0.2, 0.25) is 0 Å². The van der Waals surface area contributed by atoms with Crippen LogP contribution in [0.4, 0.5) is 0 Å². The standard InChI is InChI=1S/C14H18O2/c1-9-4-6-13(11(3)10(9)2)12-5-7-14(15)16-8-12/h4,6,12H,5,7-8H2,1-3H3. The van der Waals surface area contributed by atoms with E-state index >= 15 is 0 Å². The predicted molar refractivity (Wildman–Crippen MR) is 63.6 cm³/mol. The second-order valence-corrected chi connectivity index (χ2v) is 4.64. The van der Waals surface area contributed by atoms with E-state index in [2.05, 4.69) is 32.9 Å². The lowest BCUT2D eigenvalue weighted by Crippen LogP contribution is -2.21. The van der Waals surface area contributed by atoms with E-state index in [1.807, 2.05) is 0 Å². The maximum absolute atomic E-state index is 11.0. The highest BCUT2D eigenvalue weighted by atomic mass is 16.5. The summed E-state index contributed by atoms with van der Waals surface area (Å²) in [5.74, 6) is 0.328. The molecular weight excluding hydrogens is 200 g/mol. The van der Waals surface area contributed by atoms with Crippen LogP contribution in [0.3, 0.4) is 0 Å². The fourth-order valence-electron chi connectivity index (χ4n) is 2.31. The lowest BCUT2D eigenvalue weighted by molar-refractivity contribution is -0.147. The Balaban J connectivity index is 2.27. The van der Waals surface area contributed by atoms with Crippen molar-refractivity contribution in [2.75, 3.05) is 6.61 Å². The highest BCUT2D eigenvalue weighted by Crippen LogP contribution is 2.30. The topological polar surface area (TPSA) is 26.3 Å². The smallest absolute Gasteiger partial charge is 0.305 e. The number of hydrogen-bond acceptors (Lipinski definition) is 2. The Kier molecular flexibility index (Phi) is 2.99. The Morgan fingerprint density at radius 3 is 2.56 bits per heavy atom. The second-order valence-electron chi connectivity index (χ2n) is 4.64. The number of esters is 1. The van der Waals surface area contributed by atoms with Crippen LogP contribution in [0.5, 0.6) is 0 Å². The minimum Gasteiger partial charge on any atom is -0.465 e. The van der Waals surface area contributed by atoms with Gasteiger partial charge in [0.15, 0.2) is 0 Å². The van der Waals surface area contributed by atoms with Gasteiger partial charge in [-0.25, -0.2) is 0 Å². The van der Waals surface area contributed by atoms with Crippen molar-refractivity contribution in [3.8, 4) is 0 Å². The first-order valence-corrected chi connectivity index (χ1v) is 5.82. The molecule has 2 rings (SSSR count). The predicted octanol–water partition coefficient (Wildman–Crippen LogP) is 3.03. The van der Waals surface area contributed by atoms with Crippen molar-refractivity contribution in [1.82, 2.24) is 0 Å². The van der Waals surface area contributed by atoms with Gasteiger partial charge in [-0.3, -0.25) is 4.79 Å². The normalized spacial score (nSPS) is 20.7. The quantitative estimate of drug-likeness (QED) is 0.677. The molecule has 0 aromatic heterocycles. The lowest BCUT2D eigenvalue weighted by Gasteiger charge is -2.24. The molecule has 0 N–H and O–H groups in total. The third-order valence-electron chi connectivity index (χ3n) is 3.68. The summed E-state index contributed by atoms with van der Waals surface area (Å²) in [6.45, 7) is 6.99. The fraction of sp³-hybridized carbons (Fsp3) is 0.500. The first kappa shape index (κ1) is 11.2. The number of benzene rings is 1. The SMILES string of the molecule is Cc1ccc(C2CCC(=O)OC2)c(C)c1C. The number of aryl methyl sites for hydroxylation is 1. The Bertz CT molecular complexity index is 411. The fourth-order valence-corrected chi connectivity index (χ4v) is 2.31. The molecule has 16 heavy (non-hydrogen) atoms. The third kappa shape index (κ3) is 1.97. The minimum atomic E-state index is -0.0577. The van der Waals surface area contributed by atoms with Gasteiger partial charge in [-0.05, 0) is 49.4 Å². The van der Waals surface area contributed by atoms with E-state index in [9.17, 15) is 4.79 Å². The van der Waals surface area contributed by atoms with Crippen molar-refractivity contribution in [2.45, 2.75) is 39.5 Å². The third-order valence-corrected chi connectivity index (χ3v) is 3.68. The van der Waals surface area contributed by atoms with Crippen molar-refractivity contribution >= 4 is 5.97 Å². The maximum atomic E-state index is 11.0. The largest absolute Gasteiger partial charge is 0.465 e. The number of ether oxygens (including phenoxy) is 1. The van der Waals surface area contributed by atoms with E-state index in [4.69, 9.17) is 4.74 Å². The van der Waals surface area contributed by atoms with E-state index in [0.29, 0.717) is 18.9 Å². The van der Waals surface area contributed by atoms with Crippen LogP contribution < -0.4 is 0 Å². The first-order valence-electron chi connectivity index (χ1n) is 5.82. The van der Waals surface area contributed by atoms with Crippen LogP contribution in [-0.2, 0) is 9.53 Å². The van der Waals surface area contributed by atoms with E-state index in [1.165, 1.54) is 22.3 Å². The van der Waals surface area contributed by atoms with Crippen LogP contribution in [0, 0.1) is 20.8 Å². The molecule has 0 spiro atoms. The van der Waals surface area contributed by atoms with Gasteiger partial charge >= 0.3 is 5.97 Å². The zero-order chi connectivity index (χ0) is 11.7. The van der Waals surface area contributed by atoms with Gasteiger partial charge in [0.1, 0.15) is 0 Å². The van der Waals surface area contributed by atoms with Gasteiger partial charge < -0.3 is 4.74 Å². The summed E-state index contributed by atoms with van der Waals surface area (Å²) in [5.41, 5.74) is 5.38. The summed E-state index contributed by atoms with van der Waals surface area (Å²) in [6, 6.07) is 4.34. The first-order chi connectivity index (χ1) is 7.59. The highest BCUT2D eigenvalue weighted by Gasteiger charge is 2.23. The Morgan fingerprint density at radius 2 is 1.94 bits per heavy atom. The van der Waals surface area contributed by atoms with Crippen molar-refractivity contribution in [3.05, 3.63) is 34.4 Å². The molecule has 1 atom stereocenters. The molecule has 1 saturated heterocycles. The van der Waals surface area contributed by atoms with Gasteiger partial charge in [0.2, 0.25) is 0 Å². The van der Waals surface area contributed by atoms with E-state index < -0.39 is 0 Å². The van der Waals surface area contributed by atoms with E-state index in [-0.39, 0.29) is 5.97 Å². The summed E-state index contributed by atoms with van der Waals surface area (Å²) in [5, 5.41) is 0. The Hall–Kier alpha value is -1.31. The number of hydrogen-bond donors (Lipinski definition) is 0. The summed E-state index contributed by atoms with van der Waals surface area (Å²) in [7, 11) is 0. The van der Waals surface area contributed by atoms with Crippen molar-refractivity contribution in [1.29, 1.82) is 0 Å². The molecule has 0 aliphatic carbocycles. The molecule has 2 heteroatoms. The molecule has 1 aliphatic rings. The molecule has 1 aromatic carbocycles. The average molecular weight is 218 g/mol. The number of carbonyl (C=O) groups is 1. The molecule has 1 fully saturated rings. The van der Waals surface area contributed by atoms with Gasteiger partial charge in [0, 0.05) is 12.3 Å². The molecule has 1 aromatic rings. The average Bonchev–Trinajstić information content (AvgIpc) is 2.28. The van der Waals surface area contributed by atoms with Crippen LogP contribution in [0.15, 0.2) is 12.1 Å². The molecule has 0 radical (unpaired) electrons. The Morgan fingerprint density at radius 1 is 1.19 bits per heavy atom. The molecule has 1 aliphatic heterocycles. The summed E-state index contributed by atoms with van der Waals surface area (Å²) in [4.78, 5) is 11.0. The van der Waals surface area contributed by atoms with Crippen LogP contribution in [-0.4, -0.2) is 12.6 Å². The van der Waals surface area contributed by atoms with Crippen molar-refractivity contribution in [2.24, 2.45) is 0 Å². The zero-order valence-corrected chi connectivity index (χ0v) is 10.2. The van der Waals surface area contributed by atoms with Gasteiger partial charge in [-0.15, -0.1) is 0 Å². The second kappa shape index (κ2) is 4.28.